The van der Waals surface area contributed by atoms with Crippen LogP contribution < -0.4 is 17.0 Å². The van der Waals surface area contributed by atoms with Crippen LogP contribution in [0.4, 0.5) is 5.82 Å². The number of Topliss-reactive ketones (excluding diaryl/α,β-unsaturated/α-hetero) is 1. The van der Waals surface area contributed by atoms with Crippen LogP contribution in [0.3, 0.4) is 0 Å². The maximum atomic E-state index is 12.9. The fourth-order valence-electron chi connectivity index (χ4n) is 3.37. The van der Waals surface area contributed by atoms with Gasteiger partial charge >= 0.3 is 5.69 Å². The van der Waals surface area contributed by atoms with Crippen molar-refractivity contribution in [3.63, 3.8) is 0 Å². The average Bonchev–Trinajstić information content (AvgIpc) is 3.27. The Kier molecular flexibility index (Phi) is 5.31. The molecule has 152 valence electrons. The predicted octanol–water partition coefficient (Wildman–Crippen LogP) is -0.869. The molecule has 0 aromatic carbocycles. The third kappa shape index (κ3) is 3.80. The molecule has 1 fully saturated rings. The van der Waals surface area contributed by atoms with Crippen LogP contribution in [-0.4, -0.2) is 52.3 Å². The van der Waals surface area contributed by atoms with Crippen LogP contribution in [0.2, 0.25) is 0 Å². The first kappa shape index (κ1) is 20.1. The SMILES string of the molecule is Cn1c(N)c(C(=O)CN(Cc2ccco2)[C@H]2CCS(=O)(=O)C2)c(=O)n(C)c1=O. The number of aromatic nitrogens is 2. The van der Waals surface area contributed by atoms with E-state index < -0.39 is 26.9 Å². The van der Waals surface area contributed by atoms with Gasteiger partial charge in [-0.2, -0.15) is 0 Å². The lowest BCUT2D eigenvalue weighted by atomic mass is 10.1. The molecule has 3 rings (SSSR count). The van der Waals surface area contributed by atoms with Crippen LogP contribution in [0.1, 0.15) is 22.5 Å². The molecule has 0 saturated carbocycles. The standard InChI is InChI=1S/C17H22N4O6S/c1-19-15(18)14(16(23)20(2)17(19)24)13(22)9-21(8-12-4-3-6-27-12)11-5-7-28(25,26)10-11/h3-4,6,11H,5,7-10,18H2,1-2H3/t11-/m0/s1. The number of anilines is 1. The fourth-order valence-corrected chi connectivity index (χ4v) is 5.13. The van der Waals surface area contributed by atoms with Crippen LogP contribution in [0.5, 0.6) is 0 Å². The third-order valence-electron chi connectivity index (χ3n) is 5.00. The summed E-state index contributed by atoms with van der Waals surface area (Å²) >= 11 is 0. The van der Waals surface area contributed by atoms with E-state index in [1.807, 2.05) is 0 Å². The molecule has 3 heterocycles. The zero-order chi connectivity index (χ0) is 20.6. The van der Waals surface area contributed by atoms with Gasteiger partial charge in [0.05, 0.1) is 30.9 Å². The number of sulfone groups is 1. The van der Waals surface area contributed by atoms with Gasteiger partial charge in [0.2, 0.25) is 0 Å². The highest BCUT2D eigenvalue weighted by molar-refractivity contribution is 7.91. The van der Waals surface area contributed by atoms with Gasteiger partial charge in [0, 0.05) is 20.1 Å². The van der Waals surface area contributed by atoms with Gasteiger partial charge in [0.25, 0.3) is 5.56 Å². The second-order valence-electron chi connectivity index (χ2n) is 6.93. The van der Waals surface area contributed by atoms with E-state index in [-0.39, 0.29) is 42.0 Å². The number of rotatable bonds is 6. The second-order valence-corrected chi connectivity index (χ2v) is 9.16. The summed E-state index contributed by atoms with van der Waals surface area (Å²) in [4.78, 5) is 39.0. The highest BCUT2D eigenvalue weighted by atomic mass is 32.2. The number of furan rings is 1. The molecule has 11 heteroatoms. The molecule has 0 spiro atoms. The predicted molar refractivity (Wildman–Crippen MR) is 102 cm³/mol. The summed E-state index contributed by atoms with van der Waals surface area (Å²) in [7, 11) is -0.533. The van der Waals surface area contributed by atoms with E-state index in [2.05, 4.69) is 0 Å². The normalized spacial score (nSPS) is 18.6. The zero-order valence-corrected chi connectivity index (χ0v) is 16.4. The van der Waals surface area contributed by atoms with E-state index >= 15 is 0 Å². The number of nitrogen functional groups attached to an aromatic ring is 1. The first-order valence-electron chi connectivity index (χ1n) is 8.66. The number of hydrogen-bond acceptors (Lipinski definition) is 8. The molecule has 0 bridgehead atoms. The van der Waals surface area contributed by atoms with Crippen molar-refractivity contribution in [3.8, 4) is 0 Å². The Morgan fingerprint density at radius 2 is 2.04 bits per heavy atom. The maximum Gasteiger partial charge on any atom is 0.332 e. The van der Waals surface area contributed by atoms with E-state index in [1.54, 1.807) is 17.0 Å². The van der Waals surface area contributed by atoms with Gasteiger partial charge in [0.1, 0.15) is 17.1 Å². The van der Waals surface area contributed by atoms with Crippen molar-refractivity contribution >= 4 is 21.4 Å². The van der Waals surface area contributed by atoms with Gasteiger partial charge in [-0.25, -0.2) is 13.2 Å². The Balaban J connectivity index is 1.94. The second kappa shape index (κ2) is 7.40. The summed E-state index contributed by atoms with van der Waals surface area (Å²) in [6.07, 6.45) is 1.87. The van der Waals surface area contributed by atoms with Crippen molar-refractivity contribution in [1.82, 2.24) is 14.0 Å². The summed E-state index contributed by atoms with van der Waals surface area (Å²) in [6, 6.07) is 3.04. The Hall–Kier alpha value is -2.66. The van der Waals surface area contributed by atoms with Gasteiger partial charge in [0.15, 0.2) is 15.6 Å². The Morgan fingerprint density at radius 3 is 2.61 bits per heavy atom. The van der Waals surface area contributed by atoms with Crippen molar-refractivity contribution in [1.29, 1.82) is 0 Å². The molecule has 2 aromatic rings. The molecule has 1 saturated heterocycles. The van der Waals surface area contributed by atoms with Gasteiger partial charge < -0.3 is 10.2 Å². The van der Waals surface area contributed by atoms with E-state index in [1.165, 1.54) is 20.4 Å². The summed E-state index contributed by atoms with van der Waals surface area (Å²) in [5, 5.41) is 0. The Morgan fingerprint density at radius 1 is 1.32 bits per heavy atom. The minimum absolute atomic E-state index is 0.0459. The molecular weight excluding hydrogens is 388 g/mol. The van der Waals surface area contributed by atoms with Crippen molar-refractivity contribution in [2.75, 3.05) is 23.8 Å². The Bertz CT molecular complexity index is 1110. The van der Waals surface area contributed by atoms with Crippen molar-refractivity contribution < 1.29 is 17.6 Å². The Labute approximate surface area is 161 Å². The van der Waals surface area contributed by atoms with Crippen LogP contribution in [0.15, 0.2) is 32.4 Å². The van der Waals surface area contributed by atoms with Crippen LogP contribution >= 0.6 is 0 Å². The molecule has 1 aliphatic heterocycles. The van der Waals surface area contributed by atoms with E-state index in [9.17, 15) is 22.8 Å². The summed E-state index contributed by atoms with van der Waals surface area (Å²) in [5.74, 6) is -0.246. The third-order valence-corrected chi connectivity index (χ3v) is 6.75. The molecule has 10 nitrogen and oxygen atoms in total. The van der Waals surface area contributed by atoms with Crippen LogP contribution in [0, 0.1) is 0 Å². The molecule has 1 aliphatic rings. The molecule has 2 N–H and O–H groups in total. The molecule has 0 unspecified atom stereocenters. The number of nitrogens with zero attached hydrogens (tertiary/aromatic N) is 3. The lowest BCUT2D eigenvalue weighted by Crippen LogP contribution is -2.45. The van der Waals surface area contributed by atoms with Crippen LogP contribution in [0.25, 0.3) is 0 Å². The molecule has 0 aliphatic carbocycles. The molecule has 28 heavy (non-hydrogen) atoms. The molecule has 2 aromatic heterocycles. The van der Waals surface area contributed by atoms with Crippen molar-refractivity contribution in [2.45, 2.75) is 19.0 Å². The minimum Gasteiger partial charge on any atom is -0.468 e. The lowest BCUT2D eigenvalue weighted by Gasteiger charge is -2.26. The monoisotopic (exact) mass is 410 g/mol. The topological polar surface area (TPSA) is 138 Å². The number of nitrogens with two attached hydrogens (primary N) is 1. The van der Waals surface area contributed by atoms with Gasteiger partial charge in [-0.05, 0) is 18.6 Å². The van der Waals surface area contributed by atoms with E-state index in [0.29, 0.717) is 12.2 Å². The summed E-state index contributed by atoms with van der Waals surface area (Å²) in [6.45, 7) is -0.0105. The fraction of sp³-hybridized carbons (Fsp3) is 0.471. The van der Waals surface area contributed by atoms with Crippen molar-refractivity contribution in [2.24, 2.45) is 14.1 Å². The van der Waals surface area contributed by atoms with Gasteiger partial charge in [-0.1, -0.05) is 0 Å². The highest BCUT2D eigenvalue weighted by Gasteiger charge is 2.34. The number of ketones is 1. The molecular formula is C17H22N4O6S. The minimum atomic E-state index is -3.17. The summed E-state index contributed by atoms with van der Waals surface area (Å²) < 4.78 is 31.0. The highest BCUT2D eigenvalue weighted by Crippen LogP contribution is 2.21. The zero-order valence-electron chi connectivity index (χ0n) is 15.6. The molecule has 1 atom stereocenters. The van der Waals surface area contributed by atoms with E-state index in [0.717, 1.165) is 9.13 Å². The van der Waals surface area contributed by atoms with Gasteiger partial charge in [-0.3, -0.25) is 23.6 Å². The quantitative estimate of drug-likeness (QED) is 0.607. The lowest BCUT2D eigenvalue weighted by molar-refractivity contribution is 0.0882. The smallest absolute Gasteiger partial charge is 0.332 e. The molecule has 0 radical (unpaired) electrons. The summed E-state index contributed by atoms with van der Waals surface area (Å²) in [5.41, 5.74) is 4.17. The first-order chi connectivity index (χ1) is 13.1. The number of carbonyl (C=O) groups excluding carboxylic acids is 1. The average molecular weight is 410 g/mol. The largest absolute Gasteiger partial charge is 0.468 e. The van der Waals surface area contributed by atoms with E-state index in [4.69, 9.17) is 10.2 Å². The number of carbonyl (C=O) groups is 1. The van der Waals surface area contributed by atoms with Crippen LogP contribution in [-0.2, 0) is 30.5 Å². The first-order valence-corrected chi connectivity index (χ1v) is 10.5. The molecule has 0 amide bonds. The number of hydrogen-bond donors (Lipinski definition) is 1. The van der Waals surface area contributed by atoms with Gasteiger partial charge in [-0.15, -0.1) is 0 Å². The maximum absolute atomic E-state index is 12.9. The van der Waals surface area contributed by atoms with Crippen molar-refractivity contribution in [3.05, 3.63) is 50.6 Å².